The standard InChI is InChI=1S/C53H90O14/c1-3-5-7-9-11-13-15-17-19-20-21-23-25-27-29-31-33-35-37-62-39-42(65-45(55)36-34-32-30-28-26-24-22-18-16-14-12-10-8-6-4-2)40-63-52-51(61)49(59)47(57)44(67-52)41-64-53-50(60)48(58)46(56)43(38-54)66-53/h6,8,12,14,17-19,22,26,28,32,34,42-44,46-54,56-61H,3-5,7,9-11,13,15-16,20-21,23-25,27,29-31,33,35-41H2,1-2H3/b8-6-,14-12-,19-17-,22-18-,28-26-,34-32-. The van der Waals surface area contributed by atoms with Gasteiger partial charge in [0.1, 0.15) is 54.9 Å². The van der Waals surface area contributed by atoms with Crippen LogP contribution in [-0.4, -0.2) is 142 Å². The number of carbonyl (C=O) groups excluding carboxylic acids is 1. The number of allylic oxidation sites excluding steroid dienone is 11. The maximum atomic E-state index is 12.9. The van der Waals surface area contributed by atoms with E-state index in [1.165, 1.54) is 83.5 Å². The Bertz CT molecular complexity index is 1380. The molecule has 0 aromatic carbocycles. The zero-order valence-corrected chi connectivity index (χ0v) is 40.9. The van der Waals surface area contributed by atoms with E-state index in [2.05, 4.69) is 68.5 Å². The van der Waals surface area contributed by atoms with E-state index < -0.39 is 86.7 Å². The fourth-order valence-corrected chi connectivity index (χ4v) is 7.59. The monoisotopic (exact) mass is 951 g/mol. The van der Waals surface area contributed by atoms with Crippen LogP contribution in [0.15, 0.2) is 72.9 Å². The minimum atomic E-state index is -1.73. The molecule has 11 unspecified atom stereocenters. The van der Waals surface area contributed by atoms with Gasteiger partial charge in [-0.05, 0) is 64.2 Å². The number of ether oxygens (including phenoxy) is 6. The first-order valence-electron chi connectivity index (χ1n) is 25.5. The summed E-state index contributed by atoms with van der Waals surface area (Å²) >= 11 is 0. The van der Waals surface area contributed by atoms with Gasteiger partial charge in [-0.2, -0.15) is 0 Å². The second-order valence-corrected chi connectivity index (χ2v) is 17.6. The fourth-order valence-electron chi connectivity index (χ4n) is 7.59. The maximum absolute atomic E-state index is 12.9. The molecule has 0 aromatic heterocycles. The van der Waals surface area contributed by atoms with Crippen molar-refractivity contribution in [1.29, 1.82) is 0 Å². The first kappa shape index (κ1) is 60.6. The van der Waals surface area contributed by atoms with Crippen LogP contribution in [0.2, 0.25) is 0 Å². The lowest BCUT2D eigenvalue weighted by atomic mass is 9.98. The van der Waals surface area contributed by atoms with Gasteiger partial charge < -0.3 is 64.2 Å². The topological polar surface area (TPSA) is 214 Å². The van der Waals surface area contributed by atoms with Gasteiger partial charge in [-0.3, -0.25) is 4.79 Å². The summed E-state index contributed by atoms with van der Waals surface area (Å²) in [4.78, 5) is 12.9. The van der Waals surface area contributed by atoms with E-state index in [0.717, 1.165) is 44.9 Å². The van der Waals surface area contributed by atoms with Gasteiger partial charge in [-0.1, -0.05) is 157 Å². The Hall–Kier alpha value is -2.57. The van der Waals surface area contributed by atoms with Gasteiger partial charge in [-0.15, -0.1) is 0 Å². The Morgan fingerprint density at radius 2 is 0.970 bits per heavy atom. The minimum absolute atomic E-state index is 0.0163. The van der Waals surface area contributed by atoms with E-state index in [9.17, 15) is 40.5 Å². The fraction of sp³-hybridized carbons (Fsp3) is 0.755. The molecule has 2 aliphatic rings. The SMILES string of the molecule is CC/C=C\C/C=C\C/C=C\C/C=C\C/C=C\CC(=O)OC(COCCCCCCCCCC/C=C\CCCCCCCC)COC1OC(COC2OC(CO)C(O)C(O)C2O)C(O)C(O)C1O. The first-order valence-corrected chi connectivity index (χ1v) is 25.5. The molecule has 0 radical (unpaired) electrons. The van der Waals surface area contributed by atoms with Gasteiger partial charge in [0.15, 0.2) is 12.6 Å². The zero-order chi connectivity index (χ0) is 48.7. The third kappa shape index (κ3) is 28.0. The van der Waals surface area contributed by atoms with Gasteiger partial charge in [-0.25, -0.2) is 0 Å². The van der Waals surface area contributed by atoms with Gasteiger partial charge in [0.25, 0.3) is 0 Å². The Morgan fingerprint density at radius 1 is 0.507 bits per heavy atom. The molecule has 11 atom stereocenters. The molecule has 0 saturated carbocycles. The summed E-state index contributed by atoms with van der Waals surface area (Å²) in [6, 6.07) is 0. The van der Waals surface area contributed by atoms with Crippen LogP contribution in [-0.2, 0) is 33.2 Å². The Morgan fingerprint density at radius 3 is 1.51 bits per heavy atom. The Labute approximate surface area is 402 Å². The van der Waals surface area contributed by atoms with E-state index in [1.807, 2.05) is 12.2 Å². The highest BCUT2D eigenvalue weighted by Gasteiger charge is 2.47. The van der Waals surface area contributed by atoms with Crippen molar-refractivity contribution < 1.29 is 69.0 Å². The average Bonchev–Trinajstić information content (AvgIpc) is 3.32. The molecule has 67 heavy (non-hydrogen) atoms. The number of esters is 1. The molecule has 2 aliphatic heterocycles. The largest absolute Gasteiger partial charge is 0.457 e. The molecule has 14 heteroatoms. The highest BCUT2D eigenvalue weighted by atomic mass is 16.7. The lowest BCUT2D eigenvalue weighted by molar-refractivity contribution is -0.332. The normalized spacial score (nSPS) is 26.7. The van der Waals surface area contributed by atoms with Crippen molar-refractivity contribution >= 4 is 5.97 Å². The molecule has 7 N–H and O–H groups in total. The molecular weight excluding hydrogens is 861 g/mol. The van der Waals surface area contributed by atoms with Crippen molar-refractivity contribution in [2.45, 2.75) is 223 Å². The zero-order valence-electron chi connectivity index (χ0n) is 40.9. The van der Waals surface area contributed by atoms with Crippen LogP contribution in [0.5, 0.6) is 0 Å². The van der Waals surface area contributed by atoms with Crippen molar-refractivity contribution in [3.63, 3.8) is 0 Å². The van der Waals surface area contributed by atoms with E-state index >= 15 is 0 Å². The summed E-state index contributed by atoms with van der Waals surface area (Å²) in [7, 11) is 0. The number of unbranched alkanes of at least 4 members (excludes halogenated alkanes) is 14. The number of hydrogen-bond acceptors (Lipinski definition) is 14. The lowest BCUT2D eigenvalue weighted by Gasteiger charge is -2.42. The molecule has 0 spiro atoms. The van der Waals surface area contributed by atoms with Crippen LogP contribution in [0.1, 0.15) is 155 Å². The van der Waals surface area contributed by atoms with Crippen molar-refractivity contribution in [3.8, 4) is 0 Å². The third-order valence-corrected chi connectivity index (χ3v) is 11.7. The number of carbonyl (C=O) groups is 1. The lowest BCUT2D eigenvalue weighted by Crippen LogP contribution is -2.61. The molecular formula is C53H90O14. The molecule has 2 heterocycles. The molecule has 0 amide bonds. The van der Waals surface area contributed by atoms with E-state index in [0.29, 0.717) is 13.0 Å². The summed E-state index contributed by atoms with van der Waals surface area (Å²) in [5.74, 6) is -0.505. The highest BCUT2D eigenvalue weighted by Crippen LogP contribution is 2.26. The molecule has 2 rings (SSSR count). The number of hydrogen-bond donors (Lipinski definition) is 7. The van der Waals surface area contributed by atoms with Crippen LogP contribution in [0, 0.1) is 0 Å². The second kappa shape index (κ2) is 40.2. The molecule has 14 nitrogen and oxygen atoms in total. The summed E-state index contributed by atoms with van der Waals surface area (Å²) in [6.07, 6.45) is 32.8. The summed E-state index contributed by atoms with van der Waals surface area (Å²) in [6.45, 7) is 3.42. The highest BCUT2D eigenvalue weighted by molar-refractivity contribution is 5.71. The number of aliphatic hydroxyl groups is 7. The third-order valence-electron chi connectivity index (χ3n) is 11.7. The van der Waals surface area contributed by atoms with E-state index in [1.54, 1.807) is 6.08 Å². The van der Waals surface area contributed by atoms with Gasteiger partial charge in [0.05, 0.1) is 32.8 Å². The Balaban J connectivity index is 1.81. The summed E-state index contributed by atoms with van der Waals surface area (Å²) < 4.78 is 34.1. The predicted molar refractivity (Wildman–Crippen MR) is 261 cm³/mol. The minimum Gasteiger partial charge on any atom is -0.457 e. The van der Waals surface area contributed by atoms with Crippen LogP contribution >= 0.6 is 0 Å². The summed E-state index contributed by atoms with van der Waals surface area (Å²) in [5.41, 5.74) is 0. The van der Waals surface area contributed by atoms with Crippen LogP contribution < -0.4 is 0 Å². The smallest absolute Gasteiger partial charge is 0.310 e. The maximum Gasteiger partial charge on any atom is 0.310 e. The first-order chi connectivity index (χ1) is 32.6. The molecule has 0 aromatic rings. The van der Waals surface area contributed by atoms with Crippen molar-refractivity contribution in [1.82, 2.24) is 0 Å². The quantitative estimate of drug-likeness (QED) is 0.0181. The summed E-state index contributed by atoms with van der Waals surface area (Å²) in [5, 5.41) is 72.1. The van der Waals surface area contributed by atoms with Gasteiger partial charge >= 0.3 is 5.97 Å². The predicted octanol–water partition coefficient (Wildman–Crippen LogP) is 7.51. The van der Waals surface area contributed by atoms with Gasteiger partial charge in [0.2, 0.25) is 0 Å². The second-order valence-electron chi connectivity index (χ2n) is 17.6. The number of aliphatic hydroxyl groups excluding tert-OH is 7. The molecule has 386 valence electrons. The Kier molecular flexibility index (Phi) is 36.3. The molecule has 2 saturated heterocycles. The molecule has 2 fully saturated rings. The van der Waals surface area contributed by atoms with E-state index in [-0.39, 0.29) is 19.6 Å². The molecule has 0 bridgehead atoms. The van der Waals surface area contributed by atoms with Crippen molar-refractivity contribution in [2.24, 2.45) is 0 Å². The van der Waals surface area contributed by atoms with E-state index in [4.69, 9.17) is 28.4 Å². The van der Waals surface area contributed by atoms with Crippen LogP contribution in [0.25, 0.3) is 0 Å². The van der Waals surface area contributed by atoms with Crippen molar-refractivity contribution in [2.75, 3.05) is 33.0 Å². The average molecular weight is 951 g/mol. The van der Waals surface area contributed by atoms with Crippen LogP contribution in [0.4, 0.5) is 0 Å². The van der Waals surface area contributed by atoms with Gasteiger partial charge in [0, 0.05) is 6.61 Å². The number of rotatable bonds is 39. The van der Waals surface area contributed by atoms with Crippen LogP contribution in [0.3, 0.4) is 0 Å². The molecule has 0 aliphatic carbocycles. The van der Waals surface area contributed by atoms with Crippen molar-refractivity contribution in [3.05, 3.63) is 72.9 Å².